The summed E-state index contributed by atoms with van der Waals surface area (Å²) in [7, 11) is 1.81. The molecule has 5 heteroatoms. The Balaban J connectivity index is 1.92. The zero-order valence-electron chi connectivity index (χ0n) is 16.1. The number of rotatable bonds is 2. The van der Waals surface area contributed by atoms with Crippen molar-refractivity contribution in [2.45, 2.75) is 51.2 Å². The van der Waals surface area contributed by atoms with Crippen LogP contribution in [0, 0.1) is 0 Å². The van der Waals surface area contributed by atoms with Gasteiger partial charge in [0.2, 0.25) is 0 Å². The van der Waals surface area contributed by atoms with Crippen molar-refractivity contribution >= 4 is 29.3 Å². The second kappa shape index (κ2) is 7.73. The first-order chi connectivity index (χ1) is 12.7. The number of carbonyl (C=O) groups is 1. The monoisotopic (exact) mass is 405 g/mol. The Labute approximate surface area is 171 Å². The van der Waals surface area contributed by atoms with Crippen LogP contribution < -0.4 is 0 Å². The molecule has 3 nitrogen and oxygen atoms in total. The van der Waals surface area contributed by atoms with Gasteiger partial charge in [0.05, 0.1) is 16.1 Å². The highest BCUT2D eigenvalue weighted by Gasteiger charge is 2.33. The fourth-order valence-electron chi connectivity index (χ4n) is 3.71. The summed E-state index contributed by atoms with van der Waals surface area (Å²) < 4.78 is 5.56. The van der Waals surface area contributed by atoms with Crippen molar-refractivity contribution in [2.24, 2.45) is 0 Å². The van der Waals surface area contributed by atoms with Crippen LogP contribution in [0.3, 0.4) is 0 Å². The Bertz CT molecular complexity index is 844. The molecule has 0 saturated heterocycles. The van der Waals surface area contributed by atoms with Crippen LogP contribution in [0.4, 0.5) is 4.79 Å². The molecule has 0 saturated carbocycles. The number of hydrogen-bond acceptors (Lipinski definition) is 2. The molecule has 1 aliphatic rings. The van der Waals surface area contributed by atoms with E-state index in [0.717, 1.165) is 24.0 Å². The largest absolute Gasteiger partial charge is 0.444 e. The van der Waals surface area contributed by atoms with Gasteiger partial charge in [-0.3, -0.25) is 0 Å². The van der Waals surface area contributed by atoms with Gasteiger partial charge >= 0.3 is 6.09 Å². The van der Waals surface area contributed by atoms with Gasteiger partial charge in [-0.1, -0.05) is 53.5 Å². The maximum absolute atomic E-state index is 12.6. The van der Waals surface area contributed by atoms with E-state index in [0.29, 0.717) is 10.0 Å². The van der Waals surface area contributed by atoms with Crippen molar-refractivity contribution < 1.29 is 9.53 Å². The zero-order valence-corrected chi connectivity index (χ0v) is 17.6. The van der Waals surface area contributed by atoms with Crippen LogP contribution in [0.2, 0.25) is 10.0 Å². The molecule has 0 unspecified atom stereocenters. The van der Waals surface area contributed by atoms with E-state index in [1.165, 1.54) is 5.56 Å². The number of halogens is 2. The van der Waals surface area contributed by atoms with Gasteiger partial charge in [-0.15, -0.1) is 0 Å². The van der Waals surface area contributed by atoms with E-state index in [9.17, 15) is 4.79 Å². The molecule has 0 heterocycles. The van der Waals surface area contributed by atoms with Crippen LogP contribution in [-0.4, -0.2) is 23.6 Å². The van der Waals surface area contributed by atoms with E-state index in [1.807, 2.05) is 58.2 Å². The van der Waals surface area contributed by atoms with Crippen molar-refractivity contribution in [3.8, 4) is 0 Å². The highest BCUT2D eigenvalue weighted by molar-refractivity contribution is 6.42. The Hall–Kier alpha value is -1.71. The van der Waals surface area contributed by atoms with E-state index in [-0.39, 0.29) is 18.1 Å². The normalized spacial score (nSPS) is 19.3. The minimum absolute atomic E-state index is 0.00456. The second-order valence-electron chi connectivity index (χ2n) is 8.04. The zero-order chi connectivity index (χ0) is 19.8. The van der Waals surface area contributed by atoms with Crippen molar-refractivity contribution in [2.75, 3.05) is 7.05 Å². The predicted molar refractivity (Wildman–Crippen MR) is 111 cm³/mol. The third kappa shape index (κ3) is 4.41. The fraction of sp³-hybridized carbons (Fsp3) is 0.409. The molecule has 0 aromatic heterocycles. The van der Waals surface area contributed by atoms with Crippen molar-refractivity contribution in [1.82, 2.24) is 4.90 Å². The summed E-state index contributed by atoms with van der Waals surface area (Å²) in [5.74, 6) is 0.235. The molecular weight excluding hydrogens is 381 g/mol. The molecule has 2 atom stereocenters. The molecule has 3 rings (SSSR count). The number of carbonyl (C=O) groups excluding carboxylic acids is 1. The lowest BCUT2D eigenvalue weighted by atomic mass is 9.76. The summed E-state index contributed by atoms with van der Waals surface area (Å²) in [6, 6.07) is 14.1. The smallest absolute Gasteiger partial charge is 0.410 e. The van der Waals surface area contributed by atoms with Crippen molar-refractivity contribution in [3.63, 3.8) is 0 Å². The van der Waals surface area contributed by atoms with Crippen LogP contribution in [0.1, 0.15) is 62.3 Å². The molecule has 1 amide bonds. The Morgan fingerprint density at radius 2 is 1.70 bits per heavy atom. The van der Waals surface area contributed by atoms with Gasteiger partial charge < -0.3 is 9.64 Å². The maximum atomic E-state index is 12.6. The van der Waals surface area contributed by atoms with E-state index in [1.54, 1.807) is 4.90 Å². The van der Waals surface area contributed by atoms with Gasteiger partial charge in [0, 0.05) is 13.0 Å². The number of hydrogen-bond donors (Lipinski definition) is 0. The highest BCUT2D eigenvalue weighted by atomic mass is 35.5. The molecule has 27 heavy (non-hydrogen) atoms. The molecule has 0 N–H and O–H groups in total. The van der Waals surface area contributed by atoms with Gasteiger partial charge in [0.1, 0.15) is 5.60 Å². The first-order valence-corrected chi connectivity index (χ1v) is 9.92. The third-order valence-corrected chi connectivity index (χ3v) is 5.69. The van der Waals surface area contributed by atoms with Crippen LogP contribution >= 0.6 is 23.2 Å². The van der Waals surface area contributed by atoms with E-state index >= 15 is 0 Å². The lowest BCUT2D eigenvalue weighted by molar-refractivity contribution is 0.0202. The topological polar surface area (TPSA) is 29.5 Å². The lowest BCUT2D eigenvalue weighted by Crippen LogP contribution is -2.38. The molecule has 0 fully saturated rings. The molecule has 0 bridgehead atoms. The van der Waals surface area contributed by atoms with Crippen LogP contribution in [0.5, 0.6) is 0 Å². The fourth-order valence-corrected chi connectivity index (χ4v) is 4.01. The lowest BCUT2D eigenvalue weighted by Gasteiger charge is -2.37. The summed E-state index contributed by atoms with van der Waals surface area (Å²) in [5, 5.41) is 1.13. The van der Waals surface area contributed by atoms with E-state index in [2.05, 4.69) is 12.1 Å². The second-order valence-corrected chi connectivity index (χ2v) is 8.85. The number of benzene rings is 2. The predicted octanol–water partition coefficient (Wildman–Crippen LogP) is 6.83. The van der Waals surface area contributed by atoms with Gasteiger partial charge in [-0.2, -0.15) is 0 Å². The summed E-state index contributed by atoms with van der Waals surface area (Å²) in [6.07, 6.45) is 1.49. The summed E-state index contributed by atoms with van der Waals surface area (Å²) in [6.45, 7) is 5.65. The summed E-state index contributed by atoms with van der Waals surface area (Å²) in [5.41, 5.74) is 3.02. The molecule has 144 valence electrons. The van der Waals surface area contributed by atoms with Crippen molar-refractivity contribution in [3.05, 3.63) is 69.2 Å². The number of fused-ring (bicyclic) bond motifs is 1. The number of nitrogens with zero attached hydrogens (tertiary/aromatic N) is 1. The Morgan fingerprint density at radius 1 is 1.04 bits per heavy atom. The minimum Gasteiger partial charge on any atom is -0.444 e. The van der Waals surface area contributed by atoms with Crippen molar-refractivity contribution in [1.29, 1.82) is 0 Å². The summed E-state index contributed by atoms with van der Waals surface area (Å²) in [4.78, 5) is 14.3. The summed E-state index contributed by atoms with van der Waals surface area (Å²) >= 11 is 12.3. The molecule has 0 radical (unpaired) electrons. The quantitative estimate of drug-likeness (QED) is 0.547. The first kappa shape index (κ1) is 20.0. The van der Waals surface area contributed by atoms with Gasteiger partial charge in [-0.05, 0) is 62.4 Å². The maximum Gasteiger partial charge on any atom is 0.410 e. The van der Waals surface area contributed by atoms with Gasteiger partial charge in [0.15, 0.2) is 0 Å². The van der Waals surface area contributed by atoms with Gasteiger partial charge in [0.25, 0.3) is 0 Å². The van der Waals surface area contributed by atoms with Gasteiger partial charge in [-0.25, -0.2) is 4.79 Å². The molecule has 2 aromatic carbocycles. The SMILES string of the molecule is CN(C(=O)OC(C)(C)C)[C@H]1CC[C@@H](c2ccc(Cl)c(Cl)c2)c2ccccc21. The molecule has 0 aliphatic heterocycles. The highest BCUT2D eigenvalue weighted by Crippen LogP contribution is 2.44. The Morgan fingerprint density at radius 3 is 2.33 bits per heavy atom. The van der Waals surface area contributed by atoms with Crippen LogP contribution in [0.25, 0.3) is 0 Å². The first-order valence-electron chi connectivity index (χ1n) is 9.17. The number of ether oxygens (including phenoxy) is 1. The average molecular weight is 406 g/mol. The molecule has 2 aromatic rings. The Kier molecular flexibility index (Phi) is 5.73. The minimum atomic E-state index is -0.512. The van der Waals surface area contributed by atoms with Crippen LogP contribution in [-0.2, 0) is 4.74 Å². The molecule has 0 spiro atoms. The average Bonchev–Trinajstić information content (AvgIpc) is 2.61. The van der Waals surface area contributed by atoms with E-state index in [4.69, 9.17) is 27.9 Å². The molecule has 1 aliphatic carbocycles. The molecular formula is C22H25Cl2NO2. The standard InChI is InChI=1S/C22H25Cl2NO2/c1-22(2,3)27-21(26)25(4)20-12-10-15(16-7-5-6-8-17(16)20)14-9-11-18(23)19(24)13-14/h5-9,11,13,15,20H,10,12H2,1-4H3/t15-,20-/m0/s1. The van der Waals surface area contributed by atoms with Crippen LogP contribution in [0.15, 0.2) is 42.5 Å². The third-order valence-electron chi connectivity index (χ3n) is 4.95. The number of amides is 1. The van der Waals surface area contributed by atoms with E-state index < -0.39 is 5.60 Å².